The molecule has 2 N–H and O–H groups in total. The van der Waals surface area contributed by atoms with Gasteiger partial charge < -0.3 is 33.3 Å². The highest BCUT2D eigenvalue weighted by atomic mass is 31.2. The van der Waals surface area contributed by atoms with Crippen LogP contribution in [0.1, 0.15) is 69.0 Å². The summed E-state index contributed by atoms with van der Waals surface area (Å²) in [4.78, 5) is 25.6. The van der Waals surface area contributed by atoms with E-state index in [0.29, 0.717) is 36.1 Å². The van der Waals surface area contributed by atoms with Crippen LogP contribution in [-0.2, 0) is 30.5 Å². The lowest BCUT2D eigenvalue weighted by Crippen LogP contribution is -2.39. The van der Waals surface area contributed by atoms with Gasteiger partial charge in [-0.05, 0) is 80.6 Å². The first-order valence-corrected chi connectivity index (χ1v) is 22.4. The molecule has 6 aromatic rings. The molecular formula is C48H56N7O7P. The minimum absolute atomic E-state index is 0.0724. The van der Waals surface area contributed by atoms with Crippen molar-refractivity contribution in [2.45, 2.75) is 83.1 Å². The fourth-order valence-corrected chi connectivity index (χ4v) is 9.77. The van der Waals surface area contributed by atoms with E-state index >= 15 is 0 Å². The molecule has 4 atom stereocenters. The predicted octanol–water partition coefficient (Wildman–Crippen LogP) is 8.75. The zero-order valence-electron chi connectivity index (χ0n) is 36.6. The van der Waals surface area contributed by atoms with E-state index in [-0.39, 0.29) is 42.8 Å². The molecule has 1 unspecified atom stereocenters. The van der Waals surface area contributed by atoms with Crippen LogP contribution in [0, 0.1) is 11.3 Å². The average molecular weight is 874 g/mol. The largest absolute Gasteiger partial charge is 0.497 e. The number of nitrogens with zero attached hydrogens (tertiary/aromatic N) is 5. The van der Waals surface area contributed by atoms with Crippen molar-refractivity contribution in [3.8, 4) is 17.6 Å². The van der Waals surface area contributed by atoms with Crippen molar-refractivity contribution < 1.29 is 28.0 Å². The lowest BCUT2D eigenvalue weighted by molar-refractivity contribution is -0.0912. The van der Waals surface area contributed by atoms with E-state index in [1.54, 1.807) is 25.1 Å². The highest BCUT2D eigenvalue weighted by Gasteiger charge is 2.45. The first kappa shape index (κ1) is 45.4. The van der Waals surface area contributed by atoms with E-state index in [9.17, 15) is 10.1 Å². The second kappa shape index (κ2) is 21.1. The molecule has 0 radical (unpaired) electrons. The summed E-state index contributed by atoms with van der Waals surface area (Å²) in [6.45, 7) is 9.25. The number of aromatic nitrogens is 4. The maximum Gasteiger partial charge on any atom is 0.280 e. The summed E-state index contributed by atoms with van der Waals surface area (Å²) in [5.74, 6) is 1.76. The van der Waals surface area contributed by atoms with Gasteiger partial charge in [-0.3, -0.25) is 14.3 Å². The second-order valence-corrected chi connectivity index (χ2v) is 17.2. The quantitative estimate of drug-likeness (QED) is 0.0403. The molecule has 0 bridgehead atoms. The predicted molar refractivity (Wildman–Crippen MR) is 244 cm³/mol. The van der Waals surface area contributed by atoms with Crippen LogP contribution >= 0.6 is 8.53 Å². The number of nitrogens with one attached hydrogen (secondary N) is 2. The van der Waals surface area contributed by atoms with E-state index in [1.165, 1.54) is 0 Å². The summed E-state index contributed by atoms with van der Waals surface area (Å²) < 4.78 is 43.0. The topological polar surface area (TPSA) is 158 Å². The van der Waals surface area contributed by atoms with Crippen LogP contribution < -0.4 is 20.3 Å². The van der Waals surface area contributed by atoms with Gasteiger partial charge >= 0.3 is 0 Å². The second-order valence-electron chi connectivity index (χ2n) is 15.8. The zero-order valence-corrected chi connectivity index (χ0v) is 37.5. The fraction of sp³-hybridized carbons (Fsp3) is 0.375. The van der Waals surface area contributed by atoms with Gasteiger partial charge in [0.05, 0.1) is 52.4 Å². The van der Waals surface area contributed by atoms with Crippen LogP contribution in [0.2, 0.25) is 0 Å². The SMILES string of the molecule is COc1ccc(C(OC[C@H]2O[C@@H](n3cnc4c(=O)[nH]c(NCCc5ccccc5)nc43)C[C@@H]2OP(OCCC#N)N(C(C)C)C(C)C)(c2ccccc2)c2ccc(OC)cc2)cc1. The third kappa shape index (κ3) is 10.4. The van der Waals surface area contributed by atoms with Crippen molar-refractivity contribution in [1.82, 2.24) is 24.2 Å². The van der Waals surface area contributed by atoms with Gasteiger partial charge in [0.15, 0.2) is 11.2 Å². The lowest BCUT2D eigenvalue weighted by atomic mass is 9.80. The number of fused-ring (bicyclic) bond motifs is 1. The summed E-state index contributed by atoms with van der Waals surface area (Å²) in [7, 11) is 1.62. The van der Waals surface area contributed by atoms with Crippen LogP contribution in [0.15, 0.2) is 120 Å². The van der Waals surface area contributed by atoms with Gasteiger partial charge in [0.2, 0.25) is 5.95 Å². The molecule has 3 heterocycles. The number of ether oxygens (including phenoxy) is 4. The highest BCUT2D eigenvalue weighted by Crippen LogP contribution is 2.51. The summed E-state index contributed by atoms with van der Waals surface area (Å²) in [6, 6.07) is 38.3. The van der Waals surface area contributed by atoms with E-state index in [4.69, 9.17) is 33.0 Å². The molecule has 330 valence electrons. The lowest BCUT2D eigenvalue weighted by Gasteiger charge is -2.39. The molecule has 63 heavy (non-hydrogen) atoms. The molecule has 0 aliphatic carbocycles. The van der Waals surface area contributed by atoms with Gasteiger partial charge in [0, 0.05) is 25.0 Å². The Morgan fingerprint density at radius 1 is 0.905 bits per heavy atom. The Balaban J connectivity index is 1.27. The van der Waals surface area contributed by atoms with Crippen molar-refractivity contribution in [3.63, 3.8) is 0 Å². The number of H-pyrrole nitrogens is 1. The van der Waals surface area contributed by atoms with Crippen molar-refractivity contribution in [3.05, 3.63) is 148 Å². The Morgan fingerprint density at radius 2 is 1.51 bits per heavy atom. The van der Waals surface area contributed by atoms with Crippen molar-refractivity contribution in [2.75, 3.05) is 39.3 Å². The summed E-state index contributed by atoms with van der Waals surface area (Å²) in [5.41, 5.74) is 2.88. The third-order valence-corrected chi connectivity index (χ3v) is 13.2. The summed E-state index contributed by atoms with van der Waals surface area (Å²) >= 11 is 0. The molecule has 0 amide bonds. The minimum atomic E-state index is -1.67. The van der Waals surface area contributed by atoms with Crippen molar-refractivity contribution >= 4 is 25.6 Å². The first-order valence-electron chi connectivity index (χ1n) is 21.3. The Labute approximate surface area is 370 Å². The van der Waals surface area contributed by atoms with Crippen molar-refractivity contribution in [2.24, 2.45) is 0 Å². The number of hydrogen-bond donors (Lipinski definition) is 2. The number of anilines is 1. The van der Waals surface area contributed by atoms with Crippen LogP contribution in [-0.4, -0.2) is 82.5 Å². The molecule has 14 nitrogen and oxygen atoms in total. The molecule has 1 aliphatic rings. The molecule has 4 aromatic carbocycles. The van der Waals surface area contributed by atoms with Gasteiger partial charge in [0.25, 0.3) is 14.1 Å². The zero-order chi connectivity index (χ0) is 44.3. The molecule has 1 saturated heterocycles. The summed E-state index contributed by atoms with van der Waals surface area (Å²) in [5, 5.41) is 12.7. The maximum absolute atomic E-state index is 13.4. The van der Waals surface area contributed by atoms with Gasteiger partial charge in [-0.25, -0.2) is 9.65 Å². The van der Waals surface area contributed by atoms with Gasteiger partial charge in [-0.15, -0.1) is 0 Å². The van der Waals surface area contributed by atoms with Crippen molar-refractivity contribution in [1.29, 1.82) is 5.26 Å². The number of methoxy groups -OCH3 is 2. The van der Waals surface area contributed by atoms with Crippen LogP contribution in [0.5, 0.6) is 11.5 Å². The van der Waals surface area contributed by atoms with Crippen LogP contribution in [0.25, 0.3) is 11.2 Å². The number of hydrogen-bond acceptors (Lipinski definition) is 12. The number of benzene rings is 4. The maximum atomic E-state index is 13.4. The molecule has 1 aliphatic heterocycles. The number of aromatic amines is 1. The number of rotatable bonds is 21. The standard InChI is InChI=1S/C48H56N7O7P/c1-33(2)55(34(3)4)63(60-29-13-27-49)62-41-30-43(54-32-51-44-45(54)52-47(53-46(44)56)50-28-26-35-14-9-7-10-15-35)61-42(41)31-59-48(36-16-11-8-12-17-36,37-18-22-39(57-5)23-19-37)38-20-24-40(58-6)25-21-38/h7-12,14-25,32-34,41-43H,13,26,28-31H2,1-6H3,(H2,50,52,53,56)/t41-,42+,43+,63?/m0/s1. The molecule has 0 spiro atoms. The number of nitriles is 1. The first-order chi connectivity index (χ1) is 30.6. The molecular weight excluding hydrogens is 818 g/mol. The Kier molecular flexibility index (Phi) is 15.2. The Bertz CT molecular complexity index is 2400. The average Bonchev–Trinajstić information content (AvgIpc) is 3.91. The van der Waals surface area contributed by atoms with E-state index in [1.807, 2.05) is 84.9 Å². The fourth-order valence-electron chi connectivity index (χ4n) is 8.01. The monoisotopic (exact) mass is 873 g/mol. The van der Waals surface area contributed by atoms with Gasteiger partial charge in [0.1, 0.15) is 29.4 Å². The van der Waals surface area contributed by atoms with Crippen LogP contribution in [0.3, 0.4) is 0 Å². The molecule has 15 heteroatoms. The Morgan fingerprint density at radius 3 is 2.10 bits per heavy atom. The molecule has 2 aromatic heterocycles. The molecule has 7 rings (SSSR count). The normalized spacial score (nSPS) is 17.0. The van der Waals surface area contributed by atoms with Crippen LogP contribution in [0.4, 0.5) is 5.95 Å². The summed E-state index contributed by atoms with van der Waals surface area (Å²) in [6.07, 6.45) is 1.06. The molecule has 0 saturated carbocycles. The van der Waals surface area contributed by atoms with E-state index in [0.717, 1.165) is 28.7 Å². The minimum Gasteiger partial charge on any atom is -0.497 e. The van der Waals surface area contributed by atoms with E-state index in [2.05, 4.69) is 78.0 Å². The van der Waals surface area contributed by atoms with Gasteiger partial charge in [-0.1, -0.05) is 84.9 Å². The smallest absolute Gasteiger partial charge is 0.280 e. The number of imidazole rings is 1. The third-order valence-electron chi connectivity index (χ3n) is 11.0. The van der Waals surface area contributed by atoms with Gasteiger partial charge in [-0.2, -0.15) is 10.2 Å². The Hall–Kier alpha value is -5.65. The van der Waals surface area contributed by atoms with E-state index < -0.39 is 32.6 Å². The highest BCUT2D eigenvalue weighted by molar-refractivity contribution is 7.44. The molecule has 1 fully saturated rings.